The Hall–Kier alpha value is -2.16. The molecule has 3 aliphatic rings. The van der Waals surface area contributed by atoms with Crippen molar-refractivity contribution in [3.63, 3.8) is 0 Å². The van der Waals surface area contributed by atoms with E-state index in [0.29, 0.717) is 18.1 Å². The van der Waals surface area contributed by atoms with Crippen molar-refractivity contribution in [3.8, 4) is 0 Å². The van der Waals surface area contributed by atoms with E-state index < -0.39 is 5.60 Å². The molecule has 0 atom stereocenters. The van der Waals surface area contributed by atoms with Gasteiger partial charge < -0.3 is 14.8 Å². The minimum Gasteiger partial charge on any atom is -0.461 e. The first-order chi connectivity index (χ1) is 23.6. The van der Waals surface area contributed by atoms with Crippen LogP contribution in [0, 0.1) is 17.8 Å². The van der Waals surface area contributed by atoms with Gasteiger partial charge in [-0.25, -0.2) is 4.79 Å². The van der Waals surface area contributed by atoms with Crippen LogP contribution in [0.3, 0.4) is 0 Å². The summed E-state index contributed by atoms with van der Waals surface area (Å²) in [5, 5.41) is 2.88. The van der Waals surface area contributed by atoms with E-state index in [4.69, 9.17) is 9.47 Å². The van der Waals surface area contributed by atoms with Crippen LogP contribution in [0.2, 0.25) is 0 Å². The van der Waals surface area contributed by atoms with E-state index in [-0.39, 0.29) is 29.1 Å². The summed E-state index contributed by atoms with van der Waals surface area (Å²) in [5.41, 5.74) is 1.47. The first kappa shape index (κ1) is 45.0. The number of hydrogen-bond donors (Lipinski definition) is 1. The fraction of sp³-hybridized carbons (Fsp3) is 0.814. The third-order valence-electron chi connectivity index (χ3n) is 10.6. The van der Waals surface area contributed by atoms with E-state index in [1.54, 1.807) is 0 Å². The summed E-state index contributed by atoms with van der Waals surface area (Å²) < 4.78 is 10.7. The number of nitrogens with zero attached hydrogens (tertiary/aromatic N) is 3. The van der Waals surface area contributed by atoms with Crippen LogP contribution in [-0.4, -0.2) is 94.8 Å². The zero-order valence-electron chi connectivity index (χ0n) is 35.2. The molecule has 3 saturated heterocycles. The number of likely N-dealkylation sites (tertiary alicyclic amines) is 3. The van der Waals surface area contributed by atoms with Gasteiger partial charge in [-0.3, -0.25) is 19.5 Å². The fourth-order valence-corrected chi connectivity index (χ4v) is 6.99. The van der Waals surface area contributed by atoms with Crippen LogP contribution >= 0.6 is 0 Å². The summed E-state index contributed by atoms with van der Waals surface area (Å²) in [4.78, 5) is 31.2. The average Bonchev–Trinajstić information content (AvgIpc) is 3.05. The molecule has 8 heteroatoms. The van der Waals surface area contributed by atoms with Gasteiger partial charge in [-0.1, -0.05) is 43.7 Å². The van der Waals surface area contributed by atoms with Gasteiger partial charge in [-0.2, -0.15) is 0 Å². The number of piperidine rings is 3. The van der Waals surface area contributed by atoms with Crippen molar-refractivity contribution in [2.75, 3.05) is 45.8 Å². The zero-order chi connectivity index (χ0) is 38.5. The van der Waals surface area contributed by atoms with Crippen LogP contribution in [0.25, 0.3) is 0 Å². The maximum Gasteiger partial charge on any atom is 0.407 e. The van der Waals surface area contributed by atoms with Gasteiger partial charge in [0.1, 0.15) is 12.2 Å². The van der Waals surface area contributed by atoms with E-state index >= 15 is 0 Å². The lowest BCUT2D eigenvalue weighted by atomic mass is 9.91. The second-order valence-corrected chi connectivity index (χ2v) is 19.0. The third-order valence-corrected chi connectivity index (χ3v) is 10.6. The van der Waals surface area contributed by atoms with E-state index in [0.717, 1.165) is 69.9 Å². The SMILES string of the molecule is CC(C)(C)N1CCC(C(=O)OCc2ccccc2)CC1.CC(C)(C)OC(=O)NCC1CCN(C(C)(C)C)CC1.CCC1CCN(C(C)(C)C)CC1. The van der Waals surface area contributed by atoms with E-state index in [9.17, 15) is 9.59 Å². The molecule has 1 N–H and O–H groups in total. The first-order valence-electron chi connectivity index (χ1n) is 20.0. The van der Waals surface area contributed by atoms with Crippen molar-refractivity contribution in [2.45, 2.75) is 164 Å². The Kier molecular flexibility index (Phi) is 17.9. The van der Waals surface area contributed by atoms with Gasteiger partial charge in [0, 0.05) is 23.2 Å². The van der Waals surface area contributed by atoms with Gasteiger partial charge in [-0.05, 0) is 178 Å². The molecule has 1 aromatic carbocycles. The summed E-state index contributed by atoms with van der Waals surface area (Å²) in [5.74, 6) is 1.61. The van der Waals surface area contributed by atoms with Crippen LogP contribution in [-0.2, 0) is 20.9 Å². The maximum atomic E-state index is 12.1. The molecule has 1 aromatic rings. The Morgan fingerprint density at radius 1 is 0.647 bits per heavy atom. The lowest BCUT2D eigenvalue weighted by Crippen LogP contribution is -2.47. The molecular formula is C43H78N4O4. The third kappa shape index (κ3) is 17.9. The Morgan fingerprint density at radius 3 is 1.45 bits per heavy atom. The van der Waals surface area contributed by atoms with E-state index in [1.807, 2.05) is 51.1 Å². The van der Waals surface area contributed by atoms with Crippen LogP contribution < -0.4 is 5.32 Å². The predicted molar refractivity (Wildman–Crippen MR) is 213 cm³/mol. The molecule has 0 aromatic heterocycles. The van der Waals surface area contributed by atoms with Crippen molar-refractivity contribution in [1.82, 2.24) is 20.0 Å². The lowest BCUT2D eigenvalue weighted by Gasteiger charge is -2.40. The maximum absolute atomic E-state index is 12.1. The number of hydrogen-bond acceptors (Lipinski definition) is 7. The van der Waals surface area contributed by atoms with E-state index in [1.165, 1.54) is 32.4 Å². The Labute approximate surface area is 313 Å². The standard InChI is InChI=1S/C17H25NO2.C15H30N2O2.C11H23N/c1-17(2,3)18-11-9-15(10-12-18)16(19)20-13-14-7-5-4-6-8-14;1-14(2,3)17-9-7-12(8-10-17)11-16-13(18)19-15(4,5)6;1-5-10-6-8-12(9-7-10)11(2,3)4/h4-8,15H,9-13H2,1-3H3;12H,7-11H2,1-6H3,(H,16,18);10H,5-9H2,1-4H3. The van der Waals surface area contributed by atoms with Gasteiger partial charge in [0.05, 0.1) is 5.92 Å². The highest BCUT2D eigenvalue weighted by Gasteiger charge is 2.31. The van der Waals surface area contributed by atoms with E-state index in [2.05, 4.69) is 89.3 Å². The minimum atomic E-state index is -0.417. The second-order valence-electron chi connectivity index (χ2n) is 19.0. The van der Waals surface area contributed by atoms with Gasteiger partial charge >= 0.3 is 12.1 Å². The number of ether oxygens (including phenoxy) is 2. The van der Waals surface area contributed by atoms with Crippen LogP contribution in [0.1, 0.15) is 141 Å². The minimum absolute atomic E-state index is 0.0394. The molecule has 0 bridgehead atoms. The quantitative estimate of drug-likeness (QED) is 0.295. The first-order valence-corrected chi connectivity index (χ1v) is 20.0. The van der Waals surface area contributed by atoms with Crippen LogP contribution in [0.4, 0.5) is 4.79 Å². The topological polar surface area (TPSA) is 74.3 Å². The van der Waals surface area contributed by atoms with Crippen LogP contribution in [0.5, 0.6) is 0 Å². The van der Waals surface area contributed by atoms with Crippen molar-refractivity contribution < 1.29 is 19.1 Å². The number of carbonyl (C=O) groups excluding carboxylic acids is 2. The number of carbonyl (C=O) groups is 2. The lowest BCUT2D eigenvalue weighted by molar-refractivity contribution is -0.152. The number of rotatable bonds is 6. The Bertz CT molecular complexity index is 1120. The predicted octanol–water partition coefficient (Wildman–Crippen LogP) is 9.17. The normalized spacial score (nSPS) is 19.6. The smallest absolute Gasteiger partial charge is 0.407 e. The number of amides is 1. The van der Waals surface area contributed by atoms with Gasteiger partial charge in [0.2, 0.25) is 0 Å². The second kappa shape index (κ2) is 20.3. The molecule has 3 fully saturated rings. The van der Waals surface area contributed by atoms with Gasteiger partial charge in [-0.15, -0.1) is 0 Å². The Morgan fingerprint density at radius 2 is 1.06 bits per heavy atom. The van der Waals surface area contributed by atoms with Crippen molar-refractivity contribution in [2.24, 2.45) is 17.8 Å². The number of nitrogens with one attached hydrogen (secondary N) is 1. The molecule has 3 heterocycles. The van der Waals surface area contributed by atoms with Crippen molar-refractivity contribution in [3.05, 3.63) is 35.9 Å². The molecule has 0 aliphatic carbocycles. The zero-order valence-corrected chi connectivity index (χ0v) is 35.2. The summed E-state index contributed by atoms with van der Waals surface area (Å²) in [6.45, 7) is 36.3. The molecule has 8 nitrogen and oxygen atoms in total. The Balaban J connectivity index is 0.000000274. The highest BCUT2D eigenvalue weighted by Crippen LogP contribution is 2.27. The molecular weight excluding hydrogens is 636 g/mol. The largest absolute Gasteiger partial charge is 0.461 e. The molecule has 0 spiro atoms. The summed E-state index contributed by atoms with van der Waals surface area (Å²) in [6, 6.07) is 9.86. The summed E-state index contributed by atoms with van der Waals surface area (Å²) in [6.07, 6.45) is 8.00. The molecule has 294 valence electrons. The van der Waals surface area contributed by atoms with Gasteiger partial charge in [0.15, 0.2) is 0 Å². The number of esters is 1. The van der Waals surface area contributed by atoms with Crippen molar-refractivity contribution >= 4 is 12.1 Å². The number of benzene rings is 1. The molecule has 51 heavy (non-hydrogen) atoms. The highest BCUT2D eigenvalue weighted by molar-refractivity contribution is 5.72. The summed E-state index contributed by atoms with van der Waals surface area (Å²) in [7, 11) is 0. The fourth-order valence-electron chi connectivity index (χ4n) is 6.99. The molecule has 0 saturated carbocycles. The molecule has 0 radical (unpaired) electrons. The van der Waals surface area contributed by atoms with Crippen LogP contribution in [0.15, 0.2) is 30.3 Å². The molecule has 3 aliphatic heterocycles. The van der Waals surface area contributed by atoms with Crippen molar-refractivity contribution in [1.29, 1.82) is 0 Å². The van der Waals surface area contributed by atoms with Gasteiger partial charge in [0.25, 0.3) is 0 Å². The average molecular weight is 715 g/mol. The number of alkyl carbamates (subject to hydrolysis) is 1. The molecule has 0 unspecified atom stereocenters. The molecule has 1 amide bonds. The monoisotopic (exact) mass is 715 g/mol. The molecule has 4 rings (SSSR count). The summed E-state index contributed by atoms with van der Waals surface area (Å²) >= 11 is 0. The highest BCUT2D eigenvalue weighted by atomic mass is 16.6.